The van der Waals surface area contributed by atoms with E-state index in [2.05, 4.69) is 31.8 Å². The Hall–Kier alpha value is -3.76. The lowest BCUT2D eigenvalue weighted by Crippen LogP contribution is -2.34. The summed E-state index contributed by atoms with van der Waals surface area (Å²) >= 11 is 9.46. The lowest BCUT2D eigenvalue weighted by atomic mass is 10.2. The average Bonchev–Trinajstić information content (AvgIpc) is 2.92. The Morgan fingerprint density at radius 3 is 2.39 bits per heavy atom. The van der Waals surface area contributed by atoms with Gasteiger partial charge in [0.05, 0.1) is 38.1 Å². The molecule has 0 spiro atoms. The van der Waals surface area contributed by atoms with Crippen LogP contribution < -0.4 is 29.7 Å². The minimum Gasteiger partial charge on any atom is -0.493 e. The molecule has 0 saturated carbocycles. The van der Waals surface area contributed by atoms with E-state index in [-0.39, 0.29) is 6.54 Å². The highest BCUT2D eigenvalue weighted by Gasteiger charge is 2.14. The van der Waals surface area contributed by atoms with Gasteiger partial charge in [0.15, 0.2) is 23.0 Å². The molecule has 3 aromatic carbocycles. The van der Waals surface area contributed by atoms with Gasteiger partial charge in [0, 0.05) is 10.6 Å². The van der Waals surface area contributed by atoms with Crippen molar-refractivity contribution >= 4 is 45.6 Å². The van der Waals surface area contributed by atoms with Crippen LogP contribution in [-0.4, -0.2) is 45.4 Å². The fraction of sp³-hybridized carbons (Fsp3) is 0.222. The highest BCUT2D eigenvalue weighted by Crippen LogP contribution is 2.37. The van der Waals surface area contributed by atoms with Crippen molar-refractivity contribution in [1.82, 2.24) is 10.7 Å². The number of hydrazone groups is 1. The Bertz CT molecular complexity index is 1300. The molecule has 2 amide bonds. The largest absolute Gasteiger partial charge is 0.493 e. The van der Waals surface area contributed by atoms with Gasteiger partial charge in [0.25, 0.3) is 11.8 Å². The van der Waals surface area contributed by atoms with Crippen LogP contribution in [0.1, 0.15) is 28.4 Å². The summed E-state index contributed by atoms with van der Waals surface area (Å²) in [6.07, 6.45) is 1.46. The third kappa shape index (κ3) is 8.12. The molecule has 200 valence electrons. The van der Waals surface area contributed by atoms with Crippen molar-refractivity contribution in [3.05, 3.63) is 80.8 Å². The van der Waals surface area contributed by atoms with Crippen LogP contribution in [0.3, 0.4) is 0 Å². The van der Waals surface area contributed by atoms with Gasteiger partial charge < -0.3 is 24.3 Å². The van der Waals surface area contributed by atoms with Crippen molar-refractivity contribution in [1.29, 1.82) is 0 Å². The SMILES string of the molecule is CCOc1cc(C=NNC(=O)CNC(=O)c2ccc(OC)c(OC)c2)cc(Br)c1OCc1ccc(Cl)cc1. The molecule has 0 heterocycles. The fourth-order valence-electron chi connectivity index (χ4n) is 3.26. The summed E-state index contributed by atoms with van der Waals surface area (Å²) < 4.78 is 22.7. The molecule has 0 aromatic heterocycles. The number of halogens is 2. The summed E-state index contributed by atoms with van der Waals surface area (Å²) in [6, 6.07) is 15.6. The standard InChI is InChI=1S/C27H27BrClN3O6/c1-4-37-24-12-18(11-21(28)26(24)38-16-17-5-8-20(29)9-6-17)14-31-32-25(33)15-30-27(34)19-7-10-22(35-2)23(13-19)36-3/h5-14H,4,15-16H2,1-3H3,(H,30,34)(H,32,33). The number of hydrogen-bond acceptors (Lipinski definition) is 7. The first-order valence-corrected chi connectivity index (χ1v) is 12.7. The molecule has 0 unspecified atom stereocenters. The molecule has 0 aliphatic rings. The summed E-state index contributed by atoms with van der Waals surface area (Å²) in [6.45, 7) is 2.36. The van der Waals surface area contributed by atoms with E-state index in [4.69, 9.17) is 30.5 Å². The number of methoxy groups -OCH3 is 2. The van der Waals surface area contributed by atoms with Gasteiger partial charge in [-0.05, 0) is 76.4 Å². The predicted octanol–water partition coefficient (Wildman–Crippen LogP) is 4.98. The van der Waals surface area contributed by atoms with Gasteiger partial charge in [0.2, 0.25) is 0 Å². The first-order valence-electron chi connectivity index (χ1n) is 11.5. The maximum Gasteiger partial charge on any atom is 0.259 e. The molecule has 0 aliphatic heterocycles. The molecular formula is C27H27BrClN3O6. The zero-order valence-corrected chi connectivity index (χ0v) is 23.4. The highest BCUT2D eigenvalue weighted by atomic mass is 79.9. The molecule has 2 N–H and O–H groups in total. The van der Waals surface area contributed by atoms with E-state index in [1.165, 1.54) is 26.5 Å². The van der Waals surface area contributed by atoms with Crippen LogP contribution in [0.15, 0.2) is 64.2 Å². The van der Waals surface area contributed by atoms with Gasteiger partial charge >= 0.3 is 0 Å². The second-order valence-corrected chi connectivity index (χ2v) is 9.01. The number of amides is 2. The van der Waals surface area contributed by atoms with Gasteiger partial charge in [-0.3, -0.25) is 9.59 Å². The molecule has 0 fully saturated rings. The zero-order valence-electron chi connectivity index (χ0n) is 21.0. The Balaban J connectivity index is 1.57. The number of ether oxygens (including phenoxy) is 4. The molecule has 0 saturated heterocycles. The summed E-state index contributed by atoms with van der Waals surface area (Å²) in [5.41, 5.74) is 4.33. The summed E-state index contributed by atoms with van der Waals surface area (Å²) in [5, 5.41) is 7.16. The molecule has 0 bridgehead atoms. The molecule has 3 aromatic rings. The van der Waals surface area contributed by atoms with Crippen LogP contribution in [0.25, 0.3) is 0 Å². The Labute approximate surface area is 234 Å². The van der Waals surface area contributed by atoms with Gasteiger partial charge in [0.1, 0.15) is 6.61 Å². The van der Waals surface area contributed by atoms with Crippen LogP contribution in [0.4, 0.5) is 0 Å². The number of carbonyl (C=O) groups excluding carboxylic acids is 2. The maximum absolute atomic E-state index is 12.4. The van der Waals surface area contributed by atoms with Gasteiger partial charge in [-0.15, -0.1) is 0 Å². The van der Waals surface area contributed by atoms with E-state index in [0.29, 0.717) is 56.8 Å². The van der Waals surface area contributed by atoms with Crippen molar-refractivity contribution in [2.45, 2.75) is 13.5 Å². The minimum absolute atomic E-state index is 0.268. The third-order valence-electron chi connectivity index (χ3n) is 5.09. The second kappa shape index (κ2) is 14.3. The normalized spacial score (nSPS) is 10.7. The number of benzene rings is 3. The Morgan fingerprint density at radius 1 is 0.974 bits per heavy atom. The lowest BCUT2D eigenvalue weighted by Gasteiger charge is -2.14. The molecule has 0 atom stereocenters. The number of rotatable bonds is 12. The van der Waals surface area contributed by atoms with Crippen molar-refractivity contribution in [2.24, 2.45) is 5.10 Å². The van der Waals surface area contributed by atoms with Crippen molar-refractivity contribution in [2.75, 3.05) is 27.4 Å². The van der Waals surface area contributed by atoms with E-state index < -0.39 is 11.8 Å². The molecule has 9 nitrogen and oxygen atoms in total. The Kier molecular flexibility index (Phi) is 10.8. The van der Waals surface area contributed by atoms with Crippen LogP contribution in [0, 0.1) is 0 Å². The smallest absolute Gasteiger partial charge is 0.259 e. The fourth-order valence-corrected chi connectivity index (χ4v) is 3.96. The number of nitrogens with one attached hydrogen (secondary N) is 2. The number of nitrogens with zero attached hydrogens (tertiary/aromatic N) is 1. The van der Waals surface area contributed by atoms with Crippen molar-refractivity contribution in [3.8, 4) is 23.0 Å². The van der Waals surface area contributed by atoms with E-state index in [1.807, 2.05) is 19.1 Å². The minimum atomic E-state index is -0.498. The predicted molar refractivity (Wildman–Crippen MR) is 149 cm³/mol. The first-order chi connectivity index (χ1) is 18.3. The molecular weight excluding hydrogens is 578 g/mol. The summed E-state index contributed by atoms with van der Waals surface area (Å²) in [5.74, 6) is 1.03. The molecule has 0 radical (unpaired) electrons. The Morgan fingerprint density at radius 2 is 1.71 bits per heavy atom. The van der Waals surface area contributed by atoms with Crippen LogP contribution in [0.2, 0.25) is 5.02 Å². The van der Waals surface area contributed by atoms with Crippen molar-refractivity contribution in [3.63, 3.8) is 0 Å². The van der Waals surface area contributed by atoms with E-state index in [9.17, 15) is 9.59 Å². The molecule has 0 aliphatic carbocycles. The second-order valence-electron chi connectivity index (χ2n) is 7.72. The zero-order chi connectivity index (χ0) is 27.5. The van der Waals surface area contributed by atoms with Gasteiger partial charge in [-0.1, -0.05) is 23.7 Å². The molecule has 11 heteroatoms. The van der Waals surface area contributed by atoms with Crippen LogP contribution in [-0.2, 0) is 11.4 Å². The average molecular weight is 605 g/mol. The lowest BCUT2D eigenvalue weighted by molar-refractivity contribution is -0.120. The number of hydrogen-bond donors (Lipinski definition) is 2. The molecule has 3 rings (SSSR count). The van der Waals surface area contributed by atoms with Gasteiger partial charge in [-0.25, -0.2) is 5.43 Å². The van der Waals surface area contributed by atoms with E-state index in [0.717, 1.165) is 5.56 Å². The van der Waals surface area contributed by atoms with Gasteiger partial charge in [-0.2, -0.15) is 5.10 Å². The topological polar surface area (TPSA) is 107 Å². The monoisotopic (exact) mass is 603 g/mol. The van der Waals surface area contributed by atoms with Crippen LogP contribution in [0.5, 0.6) is 23.0 Å². The van der Waals surface area contributed by atoms with Crippen molar-refractivity contribution < 1.29 is 28.5 Å². The molecule has 38 heavy (non-hydrogen) atoms. The summed E-state index contributed by atoms with van der Waals surface area (Å²) in [4.78, 5) is 24.6. The summed E-state index contributed by atoms with van der Waals surface area (Å²) in [7, 11) is 2.98. The maximum atomic E-state index is 12.4. The number of carbonyl (C=O) groups is 2. The third-order valence-corrected chi connectivity index (χ3v) is 5.93. The van der Waals surface area contributed by atoms with Crippen LogP contribution >= 0.6 is 27.5 Å². The van der Waals surface area contributed by atoms with E-state index >= 15 is 0 Å². The first kappa shape index (κ1) is 28.8. The quantitative estimate of drug-likeness (QED) is 0.223. The van der Waals surface area contributed by atoms with E-state index in [1.54, 1.807) is 36.4 Å². The highest BCUT2D eigenvalue weighted by molar-refractivity contribution is 9.10.